The van der Waals surface area contributed by atoms with Crippen molar-refractivity contribution in [2.75, 3.05) is 13.4 Å². The Morgan fingerprint density at radius 1 is 1.39 bits per heavy atom. The predicted molar refractivity (Wildman–Crippen MR) is 75.2 cm³/mol. The number of hydrogen-bond acceptors (Lipinski definition) is 6. The van der Waals surface area contributed by atoms with Crippen LogP contribution in [0.5, 0.6) is 0 Å². The monoisotopic (exact) mass is 289 g/mol. The molecule has 1 aromatic rings. The van der Waals surface area contributed by atoms with Gasteiger partial charge in [0.25, 0.3) is 5.69 Å². The van der Waals surface area contributed by atoms with E-state index >= 15 is 0 Å². The quantitative estimate of drug-likeness (QED) is 0.363. The summed E-state index contributed by atoms with van der Waals surface area (Å²) in [6.07, 6.45) is 1.88. The molecule has 0 atom stereocenters. The van der Waals surface area contributed by atoms with Crippen molar-refractivity contribution in [1.82, 2.24) is 0 Å². The minimum Gasteiger partial charge on any atom is -0.465 e. The van der Waals surface area contributed by atoms with Gasteiger partial charge in [0.05, 0.1) is 12.0 Å². The van der Waals surface area contributed by atoms with E-state index in [1.54, 1.807) is 6.07 Å². The molecule has 0 aliphatic heterocycles. The van der Waals surface area contributed by atoms with Crippen molar-refractivity contribution < 1.29 is 14.5 Å². The smallest absolute Gasteiger partial charge is 0.344 e. The number of rotatable bonds is 4. The number of hydrogen-bond donors (Lipinski definition) is 0. The highest BCUT2D eigenvalue weighted by Gasteiger charge is 2.21. The maximum atomic E-state index is 11.4. The first-order chi connectivity index (χ1) is 8.60. The lowest BCUT2D eigenvalue weighted by Crippen LogP contribution is -2.05. The van der Waals surface area contributed by atoms with Gasteiger partial charge in [0.15, 0.2) is 0 Å². The Hall–Kier alpha value is -1.21. The molecule has 7 heteroatoms. The summed E-state index contributed by atoms with van der Waals surface area (Å²) in [5.74, 6) is -0.699. The van der Waals surface area contributed by atoms with Crippen LogP contribution in [0.2, 0.25) is 0 Å². The second-order valence-corrected chi connectivity index (χ2v) is 5.15. The molecule has 0 amide bonds. The maximum absolute atomic E-state index is 11.4. The fraction of sp³-hybridized carbons (Fsp3) is 0.364. The topological polar surface area (TPSA) is 69.4 Å². The van der Waals surface area contributed by atoms with Crippen molar-refractivity contribution in [3.05, 3.63) is 33.9 Å². The molecule has 0 bridgehead atoms. The van der Waals surface area contributed by atoms with Crippen molar-refractivity contribution in [3.8, 4) is 0 Å². The summed E-state index contributed by atoms with van der Waals surface area (Å²) in [5.41, 5.74) is -0.260. The summed E-state index contributed by atoms with van der Waals surface area (Å²) in [4.78, 5) is 22.2. The van der Waals surface area contributed by atoms with Crippen LogP contribution in [-0.2, 0) is 4.74 Å². The fourth-order valence-corrected chi connectivity index (χ4v) is 2.47. The molecule has 0 aliphatic rings. The Labute approximate surface area is 114 Å². The Morgan fingerprint density at radius 2 is 2.00 bits per heavy atom. The number of ether oxygens (including phenoxy) is 1. The summed E-state index contributed by atoms with van der Waals surface area (Å²) in [6.45, 7) is 4.00. The van der Waals surface area contributed by atoms with Crippen LogP contribution in [0.4, 0.5) is 5.69 Å². The summed E-state index contributed by atoms with van der Waals surface area (Å²) in [6, 6.07) is 4.38. The SMILES string of the molecule is CC.COC(=O)c1cc(SSC)ccc1[N+](=O)[O-]. The first kappa shape index (κ1) is 16.8. The molecular formula is C11H15NO4S2. The van der Waals surface area contributed by atoms with Crippen molar-refractivity contribution in [2.45, 2.75) is 18.7 Å². The largest absolute Gasteiger partial charge is 0.465 e. The number of esters is 1. The van der Waals surface area contributed by atoms with Crippen molar-refractivity contribution in [1.29, 1.82) is 0 Å². The van der Waals surface area contributed by atoms with Gasteiger partial charge in [-0.15, -0.1) is 0 Å². The van der Waals surface area contributed by atoms with Gasteiger partial charge < -0.3 is 4.74 Å². The zero-order valence-corrected chi connectivity index (χ0v) is 12.3. The molecule has 0 fully saturated rings. The van der Waals surface area contributed by atoms with Crippen LogP contribution < -0.4 is 0 Å². The van der Waals surface area contributed by atoms with E-state index < -0.39 is 10.9 Å². The minimum atomic E-state index is -0.699. The van der Waals surface area contributed by atoms with Crippen LogP contribution in [0.15, 0.2) is 23.1 Å². The van der Waals surface area contributed by atoms with Crippen LogP contribution in [0.25, 0.3) is 0 Å². The molecule has 0 heterocycles. The average molecular weight is 289 g/mol. The van der Waals surface area contributed by atoms with E-state index in [4.69, 9.17) is 0 Å². The predicted octanol–water partition coefficient (Wildman–Crippen LogP) is 3.78. The van der Waals surface area contributed by atoms with E-state index in [9.17, 15) is 14.9 Å². The lowest BCUT2D eigenvalue weighted by atomic mass is 10.2. The number of nitro groups is 1. The summed E-state index contributed by atoms with van der Waals surface area (Å²) < 4.78 is 4.50. The van der Waals surface area contributed by atoms with E-state index in [1.807, 2.05) is 20.1 Å². The molecule has 0 saturated carbocycles. The minimum absolute atomic E-state index is 0.0217. The second kappa shape index (κ2) is 8.82. The molecule has 0 aliphatic carbocycles. The lowest BCUT2D eigenvalue weighted by molar-refractivity contribution is -0.385. The molecule has 0 radical (unpaired) electrons. The highest BCUT2D eigenvalue weighted by Crippen LogP contribution is 2.32. The third-order valence-corrected chi connectivity index (χ3v) is 3.44. The third-order valence-electron chi connectivity index (χ3n) is 1.75. The summed E-state index contributed by atoms with van der Waals surface area (Å²) in [5, 5.41) is 10.7. The number of nitrogens with zero attached hydrogens (tertiary/aromatic N) is 1. The van der Waals surface area contributed by atoms with Gasteiger partial charge in [-0.05, 0) is 18.4 Å². The van der Waals surface area contributed by atoms with Gasteiger partial charge in [0.1, 0.15) is 5.56 Å². The van der Waals surface area contributed by atoms with Crippen molar-refractivity contribution in [3.63, 3.8) is 0 Å². The van der Waals surface area contributed by atoms with E-state index in [1.165, 1.54) is 40.8 Å². The van der Waals surface area contributed by atoms with E-state index in [-0.39, 0.29) is 11.3 Å². The van der Waals surface area contributed by atoms with Crippen molar-refractivity contribution in [2.24, 2.45) is 0 Å². The number of carbonyl (C=O) groups is 1. The van der Waals surface area contributed by atoms with Crippen LogP contribution >= 0.6 is 21.6 Å². The highest BCUT2D eigenvalue weighted by molar-refractivity contribution is 8.76. The number of nitro benzene ring substituents is 1. The van der Waals surface area contributed by atoms with E-state index in [0.717, 1.165) is 4.90 Å². The van der Waals surface area contributed by atoms with Gasteiger partial charge in [0.2, 0.25) is 0 Å². The number of methoxy groups -OCH3 is 1. The van der Waals surface area contributed by atoms with E-state index in [2.05, 4.69) is 4.74 Å². The molecule has 1 rings (SSSR count). The van der Waals surface area contributed by atoms with Crippen LogP contribution in [0, 0.1) is 10.1 Å². The molecule has 0 N–H and O–H groups in total. The number of carbonyl (C=O) groups excluding carboxylic acids is 1. The van der Waals surface area contributed by atoms with Gasteiger partial charge in [-0.3, -0.25) is 10.1 Å². The Balaban J connectivity index is 0.00000137. The molecule has 18 heavy (non-hydrogen) atoms. The molecule has 0 saturated heterocycles. The summed E-state index contributed by atoms with van der Waals surface area (Å²) in [7, 11) is 4.11. The molecular weight excluding hydrogens is 274 g/mol. The van der Waals surface area contributed by atoms with Crippen molar-refractivity contribution >= 4 is 33.2 Å². The van der Waals surface area contributed by atoms with Gasteiger partial charge in [-0.25, -0.2) is 4.79 Å². The molecule has 5 nitrogen and oxygen atoms in total. The fourth-order valence-electron chi connectivity index (χ4n) is 1.10. The Bertz CT molecular complexity index is 424. The zero-order chi connectivity index (χ0) is 14.1. The highest BCUT2D eigenvalue weighted by atomic mass is 33.1. The average Bonchev–Trinajstić information content (AvgIpc) is 2.40. The Morgan fingerprint density at radius 3 is 2.44 bits per heavy atom. The molecule has 100 valence electrons. The molecule has 0 spiro atoms. The number of benzene rings is 1. The third kappa shape index (κ3) is 4.58. The van der Waals surface area contributed by atoms with Crippen LogP contribution in [-0.4, -0.2) is 24.3 Å². The summed E-state index contributed by atoms with van der Waals surface area (Å²) >= 11 is 0. The standard InChI is InChI=1S/C9H9NO4S2.C2H6/c1-14-9(11)7-5-6(16-15-2)3-4-8(7)10(12)13;1-2/h3-5H,1-2H3;1-2H3. The van der Waals surface area contributed by atoms with E-state index in [0.29, 0.717) is 0 Å². The second-order valence-electron chi connectivity index (χ2n) is 2.68. The van der Waals surface area contributed by atoms with Gasteiger partial charge in [-0.1, -0.05) is 35.4 Å². The first-order valence-electron chi connectivity index (χ1n) is 5.17. The maximum Gasteiger partial charge on any atom is 0.344 e. The van der Waals surface area contributed by atoms with Crippen LogP contribution in [0.3, 0.4) is 0 Å². The first-order valence-corrected chi connectivity index (χ1v) is 7.73. The van der Waals surface area contributed by atoms with Gasteiger partial charge in [-0.2, -0.15) is 0 Å². The molecule has 0 unspecified atom stereocenters. The lowest BCUT2D eigenvalue weighted by Gasteiger charge is -2.03. The normalized spacial score (nSPS) is 9.11. The molecule has 0 aromatic heterocycles. The zero-order valence-electron chi connectivity index (χ0n) is 10.6. The molecule has 1 aromatic carbocycles. The van der Waals surface area contributed by atoms with Gasteiger partial charge in [0, 0.05) is 11.0 Å². The Kier molecular flexibility index (Phi) is 8.23. The van der Waals surface area contributed by atoms with Gasteiger partial charge >= 0.3 is 5.97 Å². The van der Waals surface area contributed by atoms with Crippen LogP contribution in [0.1, 0.15) is 24.2 Å².